The predicted octanol–water partition coefficient (Wildman–Crippen LogP) is 0.901. The van der Waals surface area contributed by atoms with Crippen LogP contribution in [0.4, 0.5) is 0 Å². The van der Waals surface area contributed by atoms with Crippen molar-refractivity contribution in [3.63, 3.8) is 0 Å². The van der Waals surface area contributed by atoms with E-state index < -0.39 is 10.0 Å². The van der Waals surface area contributed by atoms with Gasteiger partial charge in [0.1, 0.15) is 0 Å². The minimum atomic E-state index is -3.15. The Balaban J connectivity index is 0.00000441. The first kappa shape index (κ1) is 22.6. The molecule has 0 aromatic heterocycles. The molecule has 0 saturated carbocycles. The van der Waals surface area contributed by atoms with Crippen molar-refractivity contribution in [1.29, 1.82) is 0 Å². The van der Waals surface area contributed by atoms with Crippen molar-refractivity contribution in [3.05, 3.63) is 0 Å². The molecule has 0 aromatic carbocycles. The monoisotopic (exact) mass is 482 g/mol. The lowest BCUT2D eigenvalue weighted by molar-refractivity contribution is 0.443. The highest BCUT2D eigenvalue weighted by atomic mass is 127. The highest BCUT2D eigenvalue weighted by Crippen LogP contribution is 2.12. The van der Waals surface area contributed by atoms with Crippen LogP contribution in [0.3, 0.4) is 0 Å². The van der Waals surface area contributed by atoms with Crippen LogP contribution in [0.25, 0.3) is 0 Å². The lowest BCUT2D eigenvalue weighted by atomic mass is 10.6. The van der Waals surface area contributed by atoms with Crippen molar-refractivity contribution in [3.8, 4) is 0 Å². The summed E-state index contributed by atoms with van der Waals surface area (Å²) < 4.78 is 26.0. The zero-order chi connectivity index (χ0) is 15.6. The Labute approximate surface area is 160 Å². The van der Waals surface area contributed by atoms with Gasteiger partial charge in [-0.2, -0.15) is 23.5 Å². The number of aliphatic imine (C=N–C) groups is 1. The molecular weight excluding hydrogens is 455 g/mol. The zero-order valence-corrected chi connectivity index (χ0v) is 18.0. The van der Waals surface area contributed by atoms with Crippen molar-refractivity contribution in [2.24, 2.45) is 4.99 Å². The lowest BCUT2D eigenvalue weighted by Crippen LogP contribution is -2.44. The molecule has 132 valence electrons. The van der Waals surface area contributed by atoms with Crippen LogP contribution in [0.15, 0.2) is 4.99 Å². The fraction of sp³-hybridized carbons (Fsp3) is 0.917. The molecule has 0 amide bonds. The quantitative estimate of drug-likeness (QED) is 0.232. The number of nitrogens with one attached hydrogen (secondary N) is 2. The summed E-state index contributed by atoms with van der Waals surface area (Å²) in [6.07, 6.45) is 2.04. The van der Waals surface area contributed by atoms with E-state index in [0.29, 0.717) is 25.6 Å². The zero-order valence-electron chi connectivity index (χ0n) is 13.2. The van der Waals surface area contributed by atoms with Crippen LogP contribution in [-0.4, -0.2) is 80.7 Å². The minimum absolute atomic E-state index is 0. The van der Waals surface area contributed by atoms with Crippen molar-refractivity contribution in [1.82, 2.24) is 14.9 Å². The SMILES string of the molecule is CCNC(=NCCSC)NCCS(=O)(=O)N1CCSCC1.I. The number of rotatable bonds is 8. The molecule has 0 radical (unpaired) electrons. The number of hydrogen-bond acceptors (Lipinski definition) is 5. The van der Waals surface area contributed by atoms with Crippen LogP contribution in [-0.2, 0) is 10.0 Å². The summed E-state index contributed by atoms with van der Waals surface area (Å²) in [6.45, 7) is 5.14. The van der Waals surface area contributed by atoms with Crippen LogP contribution in [0.5, 0.6) is 0 Å². The average molecular weight is 482 g/mol. The predicted molar refractivity (Wildman–Crippen MR) is 110 cm³/mol. The van der Waals surface area contributed by atoms with Gasteiger partial charge in [-0.15, -0.1) is 24.0 Å². The molecule has 0 unspecified atom stereocenters. The molecule has 1 aliphatic rings. The van der Waals surface area contributed by atoms with Gasteiger partial charge in [0, 0.05) is 43.4 Å². The second-order valence-corrected chi connectivity index (χ2v) is 8.81. The molecule has 10 heteroatoms. The van der Waals surface area contributed by atoms with E-state index in [-0.39, 0.29) is 29.7 Å². The molecule has 0 aliphatic carbocycles. The maximum atomic E-state index is 12.2. The summed E-state index contributed by atoms with van der Waals surface area (Å²) in [5.41, 5.74) is 0. The molecule has 0 bridgehead atoms. The first-order chi connectivity index (χ1) is 10.1. The van der Waals surface area contributed by atoms with Gasteiger partial charge in [-0.3, -0.25) is 4.99 Å². The number of nitrogens with zero attached hydrogens (tertiary/aromatic N) is 2. The highest BCUT2D eigenvalue weighted by molar-refractivity contribution is 14.0. The van der Waals surface area contributed by atoms with E-state index in [0.717, 1.165) is 30.3 Å². The molecule has 1 aliphatic heterocycles. The number of sulfonamides is 1. The van der Waals surface area contributed by atoms with Crippen LogP contribution >= 0.6 is 47.5 Å². The van der Waals surface area contributed by atoms with Gasteiger partial charge in [0.15, 0.2) is 5.96 Å². The third-order valence-electron chi connectivity index (χ3n) is 2.93. The van der Waals surface area contributed by atoms with E-state index in [4.69, 9.17) is 0 Å². The fourth-order valence-electron chi connectivity index (χ4n) is 1.84. The maximum absolute atomic E-state index is 12.2. The Morgan fingerprint density at radius 2 is 2.00 bits per heavy atom. The third kappa shape index (κ3) is 9.04. The second-order valence-electron chi connectivity index (χ2n) is 4.51. The average Bonchev–Trinajstić information content (AvgIpc) is 2.48. The third-order valence-corrected chi connectivity index (χ3v) is 6.33. The van der Waals surface area contributed by atoms with E-state index >= 15 is 0 Å². The molecular formula is C12H27IN4O2S3. The van der Waals surface area contributed by atoms with Crippen LogP contribution in [0.1, 0.15) is 6.92 Å². The summed E-state index contributed by atoms with van der Waals surface area (Å²) >= 11 is 3.55. The highest BCUT2D eigenvalue weighted by Gasteiger charge is 2.23. The molecule has 0 spiro atoms. The summed E-state index contributed by atoms with van der Waals surface area (Å²) in [5, 5.41) is 6.22. The van der Waals surface area contributed by atoms with Gasteiger partial charge in [-0.25, -0.2) is 12.7 Å². The molecule has 1 heterocycles. The number of hydrogen-bond donors (Lipinski definition) is 2. The molecule has 0 aromatic rings. The van der Waals surface area contributed by atoms with Crippen molar-refractivity contribution in [2.45, 2.75) is 6.92 Å². The Morgan fingerprint density at radius 3 is 2.59 bits per heavy atom. The van der Waals surface area contributed by atoms with Crippen molar-refractivity contribution < 1.29 is 8.42 Å². The van der Waals surface area contributed by atoms with Crippen molar-refractivity contribution >= 4 is 63.5 Å². The van der Waals surface area contributed by atoms with Crippen LogP contribution in [0, 0.1) is 0 Å². The van der Waals surface area contributed by atoms with Crippen molar-refractivity contribution in [2.75, 3.05) is 62.0 Å². The van der Waals surface area contributed by atoms with Gasteiger partial charge in [-0.05, 0) is 13.2 Å². The fourth-order valence-corrected chi connectivity index (χ4v) is 4.61. The molecule has 1 fully saturated rings. The number of thioether (sulfide) groups is 2. The summed E-state index contributed by atoms with van der Waals surface area (Å²) in [5.74, 6) is 3.55. The molecule has 6 nitrogen and oxygen atoms in total. The van der Waals surface area contributed by atoms with Gasteiger partial charge in [-0.1, -0.05) is 0 Å². The Morgan fingerprint density at radius 1 is 1.32 bits per heavy atom. The summed E-state index contributed by atoms with van der Waals surface area (Å²) in [6, 6.07) is 0. The standard InChI is InChI=1S/C12H26N4O2S3.HI/c1-3-13-12(14-4-8-19-2)15-5-11-21(17,18)16-6-9-20-10-7-16;/h3-11H2,1-2H3,(H2,13,14,15);1H. The Bertz CT molecular complexity index is 415. The molecule has 1 rings (SSSR count). The Kier molecular flexibility index (Phi) is 13.3. The van der Waals surface area contributed by atoms with Gasteiger partial charge >= 0.3 is 0 Å². The van der Waals surface area contributed by atoms with Gasteiger partial charge in [0.25, 0.3) is 0 Å². The van der Waals surface area contributed by atoms with Crippen LogP contribution in [0.2, 0.25) is 0 Å². The minimum Gasteiger partial charge on any atom is -0.357 e. The Hall–Kier alpha value is 0.610. The summed E-state index contributed by atoms with van der Waals surface area (Å²) in [4.78, 5) is 4.40. The number of guanidine groups is 1. The van der Waals surface area contributed by atoms with Gasteiger partial charge in [0.05, 0.1) is 12.3 Å². The van der Waals surface area contributed by atoms with E-state index in [2.05, 4.69) is 15.6 Å². The molecule has 22 heavy (non-hydrogen) atoms. The smallest absolute Gasteiger partial charge is 0.215 e. The first-order valence-electron chi connectivity index (χ1n) is 7.17. The molecule has 1 saturated heterocycles. The van der Waals surface area contributed by atoms with Crippen LogP contribution < -0.4 is 10.6 Å². The van der Waals surface area contributed by atoms with E-state index in [1.165, 1.54) is 0 Å². The van der Waals surface area contributed by atoms with Gasteiger partial charge < -0.3 is 10.6 Å². The second kappa shape index (κ2) is 13.0. The van der Waals surface area contributed by atoms with E-state index in [1.54, 1.807) is 16.1 Å². The molecule has 0 atom stereocenters. The first-order valence-corrected chi connectivity index (χ1v) is 11.3. The normalized spacial score (nSPS) is 16.9. The van der Waals surface area contributed by atoms with E-state index in [9.17, 15) is 8.42 Å². The maximum Gasteiger partial charge on any atom is 0.215 e. The van der Waals surface area contributed by atoms with E-state index in [1.807, 2.05) is 24.9 Å². The summed E-state index contributed by atoms with van der Waals surface area (Å²) in [7, 11) is -3.15. The molecule has 2 N–H and O–H groups in total. The lowest BCUT2D eigenvalue weighted by Gasteiger charge is -2.25. The van der Waals surface area contributed by atoms with Gasteiger partial charge in [0.2, 0.25) is 10.0 Å². The number of halogens is 1. The largest absolute Gasteiger partial charge is 0.357 e. The topological polar surface area (TPSA) is 73.8 Å².